The first-order valence-corrected chi connectivity index (χ1v) is 10.7. The third kappa shape index (κ3) is 4.34. The molecular formula is C21H17F5N4O3S. The van der Waals surface area contributed by atoms with Gasteiger partial charge in [0.1, 0.15) is 18.1 Å². The summed E-state index contributed by atoms with van der Waals surface area (Å²) in [5, 5.41) is 6.18. The minimum atomic E-state index is -4.92. The van der Waals surface area contributed by atoms with Crippen LogP contribution in [-0.4, -0.2) is 40.4 Å². The fourth-order valence-electron chi connectivity index (χ4n) is 3.61. The summed E-state index contributed by atoms with van der Waals surface area (Å²) in [7, 11) is 1.20. The average molecular weight is 500 g/mol. The van der Waals surface area contributed by atoms with Crippen LogP contribution in [-0.2, 0) is 6.42 Å². The molecule has 3 aromatic rings. The Labute approximate surface area is 193 Å². The van der Waals surface area contributed by atoms with Gasteiger partial charge < -0.3 is 14.8 Å². The van der Waals surface area contributed by atoms with Crippen LogP contribution in [0.1, 0.15) is 33.1 Å². The van der Waals surface area contributed by atoms with Gasteiger partial charge in [0.25, 0.3) is 0 Å². The largest absolute Gasteiger partial charge is 0.493 e. The van der Waals surface area contributed by atoms with Gasteiger partial charge in [0.2, 0.25) is 11.7 Å². The van der Waals surface area contributed by atoms with E-state index in [1.807, 2.05) is 6.92 Å². The van der Waals surface area contributed by atoms with E-state index in [0.29, 0.717) is 6.42 Å². The number of rotatable bonds is 7. The van der Waals surface area contributed by atoms with Crippen molar-refractivity contribution in [3.8, 4) is 11.5 Å². The molecule has 0 amide bonds. The Morgan fingerprint density at radius 2 is 2.00 bits per heavy atom. The highest BCUT2D eigenvalue weighted by molar-refractivity contribution is 7.14. The summed E-state index contributed by atoms with van der Waals surface area (Å²) in [4.78, 5) is 18.2. The topological polar surface area (TPSA) is 78.3 Å². The first kappa shape index (κ1) is 23.7. The number of halogens is 5. The zero-order valence-electron chi connectivity index (χ0n) is 17.7. The van der Waals surface area contributed by atoms with Gasteiger partial charge >= 0.3 is 12.8 Å². The van der Waals surface area contributed by atoms with Crippen molar-refractivity contribution in [2.24, 2.45) is 0 Å². The number of nitrogens with one attached hydrogen (secondary N) is 1. The van der Waals surface area contributed by atoms with Crippen molar-refractivity contribution < 1.29 is 36.2 Å². The molecule has 4 rings (SSSR count). The number of carbonyl (C=O) groups excluding carboxylic acids is 1. The van der Waals surface area contributed by atoms with Gasteiger partial charge in [-0.25, -0.2) is 4.68 Å². The number of anilines is 1. The van der Waals surface area contributed by atoms with Gasteiger partial charge in [0.15, 0.2) is 11.5 Å². The number of benzene rings is 1. The van der Waals surface area contributed by atoms with Crippen LogP contribution in [0.2, 0.25) is 0 Å². The van der Waals surface area contributed by atoms with Crippen LogP contribution in [0.25, 0.3) is 0 Å². The molecule has 2 aromatic heterocycles. The number of methoxy groups -OCH3 is 1. The van der Waals surface area contributed by atoms with Crippen molar-refractivity contribution in [2.45, 2.75) is 32.2 Å². The molecule has 0 radical (unpaired) electrons. The number of alkyl halides is 5. The number of ketones is 1. The van der Waals surface area contributed by atoms with Crippen molar-refractivity contribution >= 4 is 23.1 Å². The van der Waals surface area contributed by atoms with E-state index < -0.39 is 35.9 Å². The van der Waals surface area contributed by atoms with Crippen LogP contribution in [0.3, 0.4) is 0 Å². The SMILES string of the molecule is CCc1ccc(C(=O)C2=C(C(F)(F)F)Nc3ncnn3C2c2ccc(OC(F)F)c(OC)c2)s1. The lowest BCUT2D eigenvalue weighted by Crippen LogP contribution is -2.35. The lowest BCUT2D eigenvalue weighted by Gasteiger charge is -2.30. The van der Waals surface area contributed by atoms with Crippen LogP contribution in [0.5, 0.6) is 11.5 Å². The Bertz CT molecular complexity index is 1250. The predicted octanol–water partition coefficient (Wildman–Crippen LogP) is 5.23. The molecule has 34 heavy (non-hydrogen) atoms. The molecule has 1 aliphatic heterocycles. The van der Waals surface area contributed by atoms with Crippen LogP contribution < -0.4 is 14.8 Å². The number of ether oxygens (including phenoxy) is 2. The Morgan fingerprint density at radius 3 is 2.62 bits per heavy atom. The number of thiophene rings is 1. The molecule has 1 atom stereocenters. The molecule has 1 aliphatic rings. The van der Waals surface area contributed by atoms with Crippen molar-refractivity contribution in [3.05, 3.63) is 63.2 Å². The molecule has 0 spiro atoms. The molecule has 0 aliphatic carbocycles. The molecule has 0 saturated carbocycles. The number of hydrogen-bond acceptors (Lipinski definition) is 7. The zero-order valence-corrected chi connectivity index (χ0v) is 18.5. The van der Waals surface area contributed by atoms with Gasteiger partial charge in [-0.1, -0.05) is 13.0 Å². The third-order valence-electron chi connectivity index (χ3n) is 5.08. The van der Waals surface area contributed by atoms with Crippen LogP contribution in [0.15, 0.2) is 47.9 Å². The Morgan fingerprint density at radius 1 is 1.24 bits per heavy atom. The fraction of sp³-hybridized carbons (Fsp3) is 0.286. The van der Waals surface area contributed by atoms with Crippen LogP contribution in [0.4, 0.5) is 27.9 Å². The van der Waals surface area contributed by atoms with Crippen LogP contribution >= 0.6 is 11.3 Å². The normalized spacial score (nSPS) is 15.8. The molecule has 0 fully saturated rings. The average Bonchev–Trinajstić information content (AvgIpc) is 3.46. The molecule has 1 unspecified atom stereocenters. The summed E-state index contributed by atoms with van der Waals surface area (Å²) in [6.45, 7) is -1.27. The molecule has 3 heterocycles. The summed E-state index contributed by atoms with van der Waals surface area (Å²) in [5.41, 5.74) is -1.76. The van der Waals surface area contributed by atoms with Crippen molar-refractivity contribution in [1.82, 2.24) is 14.8 Å². The molecule has 7 nitrogen and oxygen atoms in total. The second-order valence-corrected chi connectivity index (χ2v) is 8.25. The molecule has 1 N–H and O–H groups in total. The van der Waals surface area contributed by atoms with E-state index in [-0.39, 0.29) is 27.9 Å². The highest BCUT2D eigenvalue weighted by atomic mass is 32.1. The molecule has 13 heteroatoms. The molecular weight excluding hydrogens is 483 g/mol. The summed E-state index contributed by atoms with van der Waals surface area (Å²) >= 11 is 1.09. The quantitative estimate of drug-likeness (QED) is 0.354. The highest BCUT2D eigenvalue weighted by Gasteiger charge is 2.46. The van der Waals surface area contributed by atoms with Crippen molar-refractivity contribution in [2.75, 3.05) is 12.4 Å². The first-order chi connectivity index (χ1) is 16.1. The second-order valence-electron chi connectivity index (χ2n) is 7.08. The highest BCUT2D eigenvalue weighted by Crippen LogP contribution is 2.44. The van der Waals surface area contributed by atoms with Gasteiger partial charge in [-0.3, -0.25) is 4.79 Å². The van der Waals surface area contributed by atoms with E-state index in [4.69, 9.17) is 4.74 Å². The van der Waals surface area contributed by atoms with Crippen LogP contribution in [0, 0.1) is 0 Å². The zero-order chi connectivity index (χ0) is 24.6. The number of carbonyl (C=O) groups is 1. The fourth-order valence-corrected chi connectivity index (χ4v) is 4.51. The third-order valence-corrected chi connectivity index (χ3v) is 6.31. The van der Waals surface area contributed by atoms with Crippen molar-refractivity contribution in [3.63, 3.8) is 0 Å². The maximum atomic E-state index is 14.1. The van der Waals surface area contributed by atoms with Gasteiger partial charge in [-0.05, 0) is 36.2 Å². The Balaban J connectivity index is 1.92. The number of aromatic nitrogens is 3. The lowest BCUT2D eigenvalue weighted by molar-refractivity contribution is -0.0918. The molecule has 0 bridgehead atoms. The maximum absolute atomic E-state index is 14.1. The second kappa shape index (κ2) is 9.05. The maximum Gasteiger partial charge on any atom is 0.431 e. The van der Waals surface area contributed by atoms with Gasteiger partial charge in [-0.15, -0.1) is 11.3 Å². The summed E-state index contributed by atoms with van der Waals surface area (Å²) in [6, 6.07) is 5.42. The van der Waals surface area contributed by atoms with Gasteiger partial charge in [0.05, 0.1) is 17.6 Å². The number of fused-ring (bicyclic) bond motifs is 1. The number of hydrogen-bond donors (Lipinski definition) is 1. The monoisotopic (exact) mass is 500 g/mol. The first-order valence-electron chi connectivity index (χ1n) is 9.88. The number of allylic oxidation sites excluding steroid dienone is 2. The van der Waals surface area contributed by atoms with E-state index in [9.17, 15) is 26.7 Å². The number of aryl methyl sites for hydroxylation is 1. The standard InChI is InChI=1S/C21H17F5N4O3S/c1-3-11-5-7-14(34-11)17(31)15-16(10-4-6-12(33-19(22)23)13(8-10)32-2)30-20(27-9-28-30)29-18(15)21(24,25)26/h4-9,16,19H,3H2,1-2H3,(H,27,28,29). The smallest absolute Gasteiger partial charge is 0.431 e. The van der Waals surface area contributed by atoms with Crippen molar-refractivity contribution in [1.29, 1.82) is 0 Å². The Hall–Kier alpha value is -3.48. The molecule has 180 valence electrons. The Kier molecular flexibility index (Phi) is 6.30. The van der Waals surface area contributed by atoms with E-state index in [2.05, 4.69) is 20.1 Å². The minimum Gasteiger partial charge on any atom is -0.493 e. The number of nitrogens with zero attached hydrogens (tertiary/aromatic N) is 3. The van der Waals surface area contributed by atoms with E-state index in [0.717, 1.165) is 33.3 Å². The summed E-state index contributed by atoms with van der Waals surface area (Å²) in [5.74, 6) is -1.54. The summed E-state index contributed by atoms with van der Waals surface area (Å²) in [6.07, 6.45) is -3.27. The lowest BCUT2D eigenvalue weighted by atomic mass is 9.91. The molecule has 0 saturated heterocycles. The van der Waals surface area contributed by atoms with Gasteiger partial charge in [-0.2, -0.15) is 32.0 Å². The van der Waals surface area contributed by atoms with E-state index in [1.165, 1.54) is 25.3 Å². The van der Waals surface area contributed by atoms with E-state index in [1.54, 1.807) is 6.07 Å². The molecule has 1 aromatic carbocycles. The minimum absolute atomic E-state index is 0.119. The van der Waals surface area contributed by atoms with Gasteiger partial charge in [0, 0.05) is 4.88 Å². The predicted molar refractivity (Wildman–Crippen MR) is 113 cm³/mol. The number of Topliss-reactive ketones (excluding diaryl/α,β-unsaturated/α-hetero) is 1. The van der Waals surface area contributed by atoms with E-state index >= 15 is 0 Å². The summed E-state index contributed by atoms with van der Waals surface area (Å²) < 4.78 is 78.5.